The van der Waals surface area contributed by atoms with Crippen LogP contribution in [0.4, 0.5) is 0 Å². The maximum atomic E-state index is 6.31. The van der Waals surface area contributed by atoms with E-state index in [9.17, 15) is 0 Å². The molecule has 1 aliphatic carbocycles. The minimum absolute atomic E-state index is 0.438. The fraction of sp³-hybridized carbons (Fsp3) is 0.647. The van der Waals surface area contributed by atoms with Gasteiger partial charge in [-0.25, -0.2) is 0 Å². The second-order valence-corrected chi connectivity index (χ2v) is 6.94. The number of halogens is 1. The molecule has 0 aliphatic heterocycles. The van der Waals surface area contributed by atoms with E-state index in [0.717, 1.165) is 17.4 Å². The molecule has 1 aliphatic rings. The van der Waals surface area contributed by atoms with Crippen molar-refractivity contribution < 1.29 is 0 Å². The Labute approximate surface area is 122 Å². The number of nitrogens with one attached hydrogen (secondary N) is 1. The highest BCUT2D eigenvalue weighted by Gasteiger charge is 2.36. The number of hydrogen-bond donors (Lipinski definition) is 1. The summed E-state index contributed by atoms with van der Waals surface area (Å²) in [6, 6.07) is 8.76. The van der Waals surface area contributed by atoms with Crippen molar-refractivity contribution in [1.29, 1.82) is 0 Å². The lowest BCUT2D eigenvalue weighted by molar-refractivity contribution is 0.101. The molecule has 0 amide bonds. The van der Waals surface area contributed by atoms with E-state index in [4.69, 9.17) is 11.6 Å². The zero-order valence-electron chi connectivity index (χ0n) is 12.4. The molecule has 1 aromatic rings. The Balaban J connectivity index is 2.14. The van der Waals surface area contributed by atoms with E-state index in [1.165, 1.54) is 31.2 Å². The highest BCUT2D eigenvalue weighted by molar-refractivity contribution is 6.31. The van der Waals surface area contributed by atoms with E-state index in [2.05, 4.69) is 38.3 Å². The number of hydrogen-bond acceptors (Lipinski definition) is 1. The van der Waals surface area contributed by atoms with Crippen LogP contribution in [0.15, 0.2) is 24.3 Å². The molecule has 1 saturated carbocycles. The Hall–Kier alpha value is -0.530. The maximum Gasteiger partial charge on any atom is 0.0438 e. The Morgan fingerprint density at radius 3 is 2.68 bits per heavy atom. The average molecular weight is 280 g/mol. The second kappa shape index (κ2) is 6.28. The molecular weight excluding hydrogens is 254 g/mol. The standard InChI is InChI=1S/C17H26ClN/c1-17(2)11-7-6-9-14(17)16(19-3)12-13-8-4-5-10-15(13)18/h4-5,8,10,14,16,19H,6-7,9,11-12H2,1-3H3. The smallest absolute Gasteiger partial charge is 0.0438 e. The quantitative estimate of drug-likeness (QED) is 0.843. The van der Waals surface area contributed by atoms with Gasteiger partial charge >= 0.3 is 0 Å². The first kappa shape index (κ1) is 14.9. The highest BCUT2D eigenvalue weighted by atomic mass is 35.5. The molecular formula is C17H26ClN. The molecule has 2 unspecified atom stereocenters. The van der Waals surface area contributed by atoms with Crippen LogP contribution in [0.25, 0.3) is 0 Å². The lowest BCUT2D eigenvalue weighted by Crippen LogP contribution is -2.44. The van der Waals surface area contributed by atoms with Gasteiger partial charge in [0.1, 0.15) is 0 Å². The predicted molar refractivity (Wildman–Crippen MR) is 83.7 cm³/mol. The first-order valence-electron chi connectivity index (χ1n) is 7.45. The number of benzene rings is 1. The van der Waals surface area contributed by atoms with Crippen molar-refractivity contribution in [2.75, 3.05) is 7.05 Å². The van der Waals surface area contributed by atoms with Crippen LogP contribution in [0.5, 0.6) is 0 Å². The van der Waals surface area contributed by atoms with Crippen LogP contribution in [-0.2, 0) is 6.42 Å². The summed E-state index contributed by atoms with van der Waals surface area (Å²) in [5.74, 6) is 0.738. The molecule has 0 saturated heterocycles. The predicted octanol–water partition coefficient (Wildman–Crippen LogP) is 4.69. The summed E-state index contributed by atoms with van der Waals surface area (Å²) in [7, 11) is 2.09. The van der Waals surface area contributed by atoms with Crippen LogP contribution in [0.2, 0.25) is 5.02 Å². The molecule has 1 nitrogen and oxygen atoms in total. The first-order chi connectivity index (χ1) is 9.04. The third-order valence-corrected chi connectivity index (χ3v) is 5.21. The van der Waals surface area contributed by atoms with Gasteiger partial charge in [-0.15, -0.1) is 0 Å². The second-order valence-electron chi connectivity index (χ2n) is 6.53. The van der Waals surface area contributed by atoms with Crippen LogP contribution in [0.3, 0.4) is 0 Å². The van der Waals surface area contributed by atoms with Gasteiger partial charge in [0.2, 0.25) is 0 Å². The third kappa shape index (κ3) is 3.52. The Morgan fingerprint density at radius 1 is 1.32 bits per heavy atom. The molecule has 0 bridgehead atoms. The Bertz CT molecular complexity index is 413. The van der Waals surface area contributed by atoms with Gasteiger partial charge in [0, 0.05) is 11.1 Å². The van der Waals surface area contributed by atoms with Crippen molar-refractivity contribution >= 4 is 11.6 Å². The van der Waals surface area contributed by atoms with E-state index in [1.54, 1.807) is 0 Å². The summed E-state index contributed by atoms with van der Waals surface area (Å²) in [6.45, 7) is 4.85. The normalized spacial score (nSPS) is 24.1. The van der Waals surface area contributed by atoms with Crippen molar-refractivity contribution in [3.8, 4) is 0 Å². The van der Waals surface area contributed by atoms with E-state index in [-0.39, 0.29) is 0 Å². The van der Waals surface area contributed by atoms with Gasteiger partial charge in [0.15, 0.2) is 0 Å². The minimum Gasteiger partial charge on any atom is -0.316 e. The SMILES string of the molecule is CNC(Cc1ccccc1Cl)C1CCCCC1(C)C. The summed E-state index contributed by atoms with van der Waals surface area (Å²) < 4.78 is 0. The summed E-state index contributed by atoms with van der Waals surface area (Å²) in [6.07, 6.45) is 6.46. The molecule has 1 fully saturated rings. The molecule has 0 aromatic heterocycles. The number of rotatable bonds is 4. The molecule has 106 valence electrons. The fourth-order valence-corrected chi connectivity index (χ4v) is 3.83. The van der Waals surface area contributed by atoms with E-state index < -0.39 is 0 Å². The summed E-state index contributed by atoms with van der Waals surface area (Å²) in [5, 5.41) is 4.44. The monoisotopic (exact) mass is 279 g/mol. The molecule has 0 radical (unpaired) electrons. The zero-order valence-corrected chi connectivity index (χ0v) is 13.1. The van der Waals surface area contributed by atoms with Gasteiger partial charge in [0.05, 0.1) is 0 Å². The van der Waals surface area contributed by atoms with Gasteiger partial charge in [-0.1, -0.05) is 56.5 Å². The van der Waals surface area contributed by atoms with Gasteiger partial charge in [-0.05, 0) is 49.3 Å². The summed E-state index contributed by atoms with van der Waals surface area (Å²) >= 11 is 6.31. The van der Waals surface area contributed by atoms with Gasteiger partial charge in [0.25, 0.3) is 0 Å². The molecule has 2 rings (SSSR count). The number of likely N-dealkylation sites (N-methyl/N-ethyl adjacent to an activating group) is 1. The van der Waals surface area contributed by atoms with Crippen molar-refractivity contribution in [1.82, 2.24) is 5.32 Å². The molecule has 2 atom stereocenters. The molecule has 19 heavy (non-hydrogen) atoms. The zero-order chi connectivity index (χ0) is 13.9. The van der Waals surface area contributed by atoms with Crippen molar-refractivity contribution in [3.05, 3.63) is 34.9 Å². The summed E-state index contributed by atoms with van der Waals surface area (Å²) in [5.41, 5.74) is 1.71. The van der Waals surface area contributed by atoms with Crippen LogP contribution in [0.1, 0.15) is 45.1 Å². The Kier molecular flexibility index (Phi) is 4.92. The van der Waals surface area contributed by atoms with E-state index in [0.29, 0.717) is 11.5 Å². The van der Waals surface area contributed by atoms with Crippen molar-refractivity contribution in [2.45, 2.75) is 52.0 Å². The van der Waals surface area contributed by atoms with Crippen LogP contribution in [-0.4, -0.2) is 13.1 Å². The molecule has 0 heterocycles. The summed E-state index contributed by atoms with van der Waals surface area (Å²) in [4.78, 5) is 0. The molecule has 1 N–H and O–H groups in total. The first-order valence-corrected chi connectivity index (χ1v) is 7.83. The van der Waals surface area contributed by atoms with Crippen LogP contribution < -0.4 is 5.32 Å². The van der Waals surface area contributed by atoms with Gasteiger partial charge < -0.3 is 5.32 Å². The van der Waals surface area contributed by atoms with E-state index in [1.807, 2.05) is 12.1 Å². The third-order valence-electron chi connectivity index (χ3n) is 4.84. The van der Waals surface area contributed by atoms with Gasteiger partial charge in [-0.3, -0.25) is 0 Å². The van der Waals surface area contributed by atoms with Crippen molar-refractivity contribution in [3.63, 3.8) is 0 Å². The van der Waals surface area contributed by atoms with Crippen molar-refractivity contribution in [2.24, 2.45) is 11.3 Å². The maximum absolute atomic E-state index is 6.31. The minimum atomic E-state index is 0.438. The Morgan fingerprint density at radius 2 is 2.05 bits per heavy atom. The lowest BCUT2D eigenvalue weighted by Gasteiger charge is -2.43. The highest BCUT2D eigenvalue weighted by Crippen LogP contribution is 2.43. The lowest BCUT2D eigenvalue weighted by atomic mass is 9.65. The average Bonchev–Trinajstić information content (AvgIpc) is 2.38. The topological polar surface area (TPSA) is 12.0 Å². The van der Waals surface area contributed by atoms with Crippen LogP contribution in [0, 0.1) is 11.3 Å². The largest absolute Gasteiger partial charge is 0.316 e. The van der Waals surface area contributed by atoms with Crippen LogP contribution >= 0.6 is 11.6 Å². The van der Waals surface area contributed by atoms with Gasteiger partial charge in [-0.2, -0.15) is 0 Å². The molecule has 2 heteroatoms. The van der Waals surface area contributed by atoms with E-state index >= 15 is 0 Å². The molecule has 1 aromatic carbocycles. The fourth-order valence-electron chi connectivity index (χ4n) is 3.61. The molecule has 0 spiro atoms.